The molecule has 0 aliphatic heterocycles. The van der Waals surface area contributed by atoms with Crippen LogP contribution in [0.4, 0.5) is 5.69 Å². The molecule has 0 atom stereocenters. The number of nitrogens with zero attached hydrogens (tertiary/aromatic N) is 4. The Morgan fingerprint density at radius 2 is 2.12 bits per heavy atom. The number of hydrazone groups is 1. The molecule has 9 nitrogen and oxygen atoms in total. The van der Waals surface area contributed by atoms with Gasteiger partial charge in [0.2, 0.25) is 5.88 Å². The zero-order valence-electron chi connectivity index (χ0n) is 18.5. The molecule has 0 spiro atoms. The first-order chi connectivity index (χ1) is 15.4. The molecule has 2 N–H and O–H groups in total. The number of phenols is 1. The molecule has 1 amide bonds. The van der Waals surface area contributed by atoms with Gasteiger partial charge < -0.3 is 19.5 Å². The van der Waals surface area contributed by atoms with Crippen LogP contribution in [-0.2, 0) is 16.1 Å². The van der Waals surface area contributed by atoms with Gasteiger partial charge in [-0.05, 0) is 48.8 Å². The van der Waals surface area contributed by atoms with Gasteiger partial charge in [-0.2, -0.15) is 10.4 Å². The molecule has 32 heavy (non-hydrogen) atoms. The third kappa shape index (κ3) is 6.18. The van der Waals surface area contributed by atoms with Crippen molar-refractivity contribution in [1.29, 1.82) is 5.26 Å². The van der Waals surface area contributed by atoms with E-state index in [0.717, 1.165) is 18.8 Å². The number of rotatable bonds is 10. The Balaban J connectivity index is 2.03. The molecule has 0 aliphatic rings. The summed E-state index contributed by atoms with van der Waals surface area (Å²) in [5.41, 5.74) is 5.09. The van der Waals surface area contributed by atoms with Crippen LogP contribution in [0.25, 0.3) is 0 Å². The number of methoxy groups -OCH3 is 1. The standard InChI is InChI=1S/C22H26BrN5O4/c1-5-28(6-2)16-8-7-15(19(29)9-16)11-25-27-20(30)13-32-22-17(10-24)18(12-31-4)21(23)14(3)26-22/h7-9,11,29H,5-6,12-13H2,1-4H3,(H,27,30)/b25-11+. The average Bonchev–Trinajstić information content (AvgIpc) is 2.78. The van der Waals surface area contributed by atoms with Gasteiger partial charge in [0.05, 0.1) is 18.5 Å². The SMILES string of the molecule is CCN(CC)c1ccc(/C=N/NC(=O)COc2nc(C)c(Br)c(COC)c2C#N)c(O)c1. The van der Waals surface area contributed by atoms with Crippen molar-refractivity contribution in [3.8, 4) is 17.7 Å². The van der Waals surface area contributed by atoms with E-state index in [-0.39, 0.29) is 30.4 Å². The van der Waals surface area contributed by atoms with E-state index in [1.54, 1.807) is 19.1 Å². The van der Waals surface area contributed by atoms with Crippen LogP contribution in [-0.4, -0.2) is 49.0 Å². The number of benzene rings is 1. The van der Waals surface area contributed by atoms with Gasteiger partial charge >= 0.3 is 0 Å². The first-order valence-electron chi connectivity index (χ1n) is 9.96. The van der Waals surface area contributed by atoms with E-state index < -0.39 is 5.91 Å². The lowest BCUT2D eigenvalue weighted by Crippen LogP contribution is -2.25. The van der Waals surface area contributed by atoms with Crippen molar-refractivity contribution in [2.24, 2.45) is 5.10 Å². The molecule has 2 rings (SSSR count). The van der Waals surface area contributed by atoms with E-state index in [1.165, 1.54) is 13.3 Å². The number of aryl methyl sites for hydroxylation is 1. The first-order valence-corrected chi connectivity index (χ1v) is 10.8. The monoisotopic (exact) mass is 503 g/mol. The Labute approximate surface area is 195 Å². The maximum absolute atomic E-state index is 12.1. The number of halogens is 1. The lowest BCUT2D eigenvalue weighted by Gasteiger charge is -2.21. The van der Waals surface area contributed by atoms with Gasteiger partial charge in [0.25, 0.3) is 5.91 Å². The number of phenolic OH excluding ortho intramolecular Hbond substituents is 1. The number of aromatic nitrogens is 1. The maximum atomic E-state index is 12.1. The second kappa shape index (κ2) is 12.0. The van der Waals surface area contributed by atoms with Crippen LogP contribution in [0.5, 0.6) is 11.6 Å². The Kier molecular flexibility index (Phi) is 9.43. The van der Waals surface area contributed by atoms with E-state index in [2.05, 4.69) is 36.3 Å². The van der Waals surface area contributed by atoms with Gasteiger partial charge in [0.15, 0.2) is 6.61 Å². The smallest absolute Gasteiger partial charge is 0.278 e. The number of amides is 1. The minimum atomic E-state index is -0.542. The molecule has 2 aromatic rings. The van der Waals surface area contributed by atoms with E-state index >= 15 is 0 Å². The summed E-state index contributed by atoms with van der Waals surface area (Å²) in [4.78, 5) is 18.4. The van der Waals surface area contributed by atoms with E-state index in [1.807, 2.05) is 26.0 Å². The fourth-order valence-corrected chi connectivity index (χ4v) is 3.38. The van der Waals surface area contributed by atoms with Gasteiger partial charge in [-0.1, -0.05) is 0 Å². The van der Waals surface area contributed by atoms with Crippen molar-refractivity contribution in [2.45, 2.75) is 27.4 Å². The molecule has 1 heterocycles. The predicted molar refractivity (Wildman–Crippen MR) is 125 cm³/mol. The number of nitrogens with one attached hydrogen (secondary N) is 1. The van der Waals surface area contributed by atoms with Crippen molar-refractivity contribution in [2.75, 3.05) is 31.7 Å². The molecule has 170 valence electrons. The van der Waals surface area contributed by atoms with Crippen LogP contribution in [0.1, 0.15) is 36.2 Å². The van der Waals surface area contributed by atoms with Gasteiger partial charge in [0.1, 0.15) is 17.4 Å². The van der Waals surface area contributed by atoms with Crippen molar-refractivity contribution >= 4 is 33.7 Å². The number of carbonyl (C=O) groups excluding carboxylic acids is 1. The molecule has 0 bridgehead atoms. The third-order valence-corrected chi connectivity index (χ3v) is 5.70. The predicted octanol–water partition coefficient (Wildman–Crippen LogP) is 3.25. The van der Waals surface area contributed by atoms with Crippen LogP contribution in [0.15, 0.2) is 27.8 Å². The fraction of sp³-hybridized carbons (Fsp3) is 0.364. The van der Waals surface area contributed by atoms with E-state index in [4.69, 9.17) is 9.47 Å². The third-order valence-electron chi connectivity index (χ3n) is 4.64. The highest BCUT2D eigenvalue weighted by molar-refractivity contribution is 9.10. The maximum Gasteiger partial charge on any atom is 0.278 e. The van der Waals surface area contributed by atoms with Crippen molar-refractivity contribution < 1.29 is 19.4 Å². The topological polar surface area (TPSA) is 120 Å². The van der Waals surface area contributed by atoms with Crippen LogP contribution in [0.3, 0.4) is 0 Å². The molecule has 0 aliphatic carbocycles. The summed E-state index contributed by atoms with van der Waals surface area (Å²) < 4.78 is 11.3. The molecule has 1 aromatic carbocycles. The average molecular weight is 504 g/mol. The minimum absolute atomic E-state index is 0.0454. The number of ether oxygens (including phenoxy) is 2. The molecule has 0 unspecified atom stereocenters. The largest absolute Gasteiger partial charge is 0.507 e. The second-order valence-electron chi connectivity index (χ2n) is 6.71. The van der Waals surface area contributed by atoms with Crippen LogP contribution in [0.2, 0.25) is 0 Å². The quantitative estimate of drug-likeness (QED) is 0.377. The number of hydrogen-bond donors (Lipinski definition) is 2. The van der Waals surface area contributed by atoms with E-state index in [9.17, 15) is 15.2 Å². The fourth-order valence-electron chi connectivity index (χ4n) is 2.98. The lowest BCUT2D eigenvalue weighted by atomic mass is 10.1. The highest BCUT2D eigenvalue weighted by Crippen LogP contribution is 2.30. The zero-order chi connectivity index (χ0) is 23.7. The van der Waals surface area contributed by atoms with Crippen LogP contribution < -0.4 is 15.1 Å². The Hall–Kier alpha value is -3.16. The summed E-state index contributed by atoms with van der Waals surface area (Å²) in [5.74, 6) is -0.438. The normalized spacial score (nSPS) is 10.8. The summed E-state index contributed by atoms with van der Waals surface area (Å²) in [6.07, 6.45) is 1.35. The molecule has 1 aromatic heterocycles. The molecule has 0 radical (unpaired) electrons. The van der Waals surface area contributed by atoms with Crippen molar-refractivity contribution in [3.63, 3.8) is 0 Å². The van der Waals surface area contributed by atoms with Gasteiger partial charge in [0, 0.05) is 47.6 Å². The number of hydrogen-bond acceptors (Lipinski definition) is 8. The van der Waals surface area contributed by atoms with Gasteiger partial charge in [-0.25, -0.2) is 10.4 Å². The molecule has 0 saturated heterocycles. The Morgan fingerprint density at radius 1 is 1.41 bits per heavy atom. The number of anilines is 1. The highest BCUT2D eigenvalue weighted by atomic mass is 79.9. The van der Waals surface area contributed by atoms with Gasteiger partial charge in [-0.3, -0.25) is 4.79 Å². The molecule has 0 fully saturated rings. The van der Waals surface area contributed by atoms with Crippen molar-refractivity contribution in [3.05, 3.63) is 45.1 Å². The lowest BCUT2D eigenvalue weighted by molar-refractivity contribution is -0.123. The zero-order valence-corrected chi connectivity index (χ0v) is 20.1. The summed E-state index contributed by atoms with van der Waals surface area (Å²) >= 11 is 3.40. The van der Waals surface area contributed by atoms with Crippen LogP contribution in [0, 0.1) is 18.3 Å². The number of aromatic hydroxyl groups is 1. The summed E-state index contributed by atoms with van der Waals surface area (Å²) in [7, 11) is 1.52. The van der Waals surface area contributed by atoms with E-state index in [0.29, 0.717) is 21.3 Å². The first kappa shape index (κ1) is 25.1. The summed E-state index contributed by atoms with van der Waals surface area (Å²) in [5, 5.41) is 23.6. The number of pyridine rings is 1. The Morgan fingerprint density at radius 3 is 2.72 bits per heavy atom. The molecular formula is C22H26BrN5O4. The van der Waals surface area contributed by atoms with Crippen LogP contribution >= 0.6 is 15.9 Å². The summed E-state index contributed by atoms with van der Waals surface area (Å²) in [6, 6.07) is 7.30. The highest BCUT2D eigenvalue weighted by Gasteiger charge is 2.18. The molecular weight excluding hydrogens is 478 g/mol. The minimum Gasteiger partial charge on any atom is -0.507 e. The van der Waals surface area contributed by atoms with Gasteiger partial charge in [-0.15, -0.1) is 0 Å². The molecule has 10 heteroatoms. The Bertz CT molecular complexity index is 1030. The molecule has 0 saturated carbocycles. The second-order valence-corrected chi connectivity index (χ2v) is 7.50. The summed E-state index contributed by atoms with van der Waals surface area (Å²) in [6.45, 7) is 7.28. The number of nitriles is 1. The number of carbonyl (C=O) groups is 1. The van der Waals surface area contributed by atoms with Crippen molar-refractivity contribution in [1.82, 2.24) is 10.4 Å².